The molecule has 1 fully saturated rings. The number of ether oxygens (including phenoxy) is 2. The van der Waals surface area contributed by atoms with E-state index >= 15 is 0 Å². The molecule has 0 unspecified atom stereocenters. The van der Waals surface area contributed by atoms with E-state index in [-0.39, 0.29) is 24.4 Å². The molecule has 33 heavy (non-hydrogen) atoms. The number of aromatic amines is 1. The average Bonchev–Trinajstić information content (AvgIpc) is 3.26. The van der Waals surface area contributed by atoms with Crippen LogP contribution >= 0.6 is 0 Å². The summed E-state index contributed by atoms with van der Waals surface area (Å²) in [6.45, 7) is 4.31. The number of allylic oxidation sites excluding steroid dienone is 1. The van der Waals surface area contributed by atoms with Crippen LogP contribution in [0, 0.1) is 0 Å². The van der Waals surface area contributed by atoms with Gasteiger partial charge in [-0.1, -0.05) is 62.1 Å². The minimum atomic E-state index is -1.87. The normalized spacial score (nSPS) is 23.8. The lowest BCUT2D eigenvalue weighted by molar-refractivity contribution is -0.148. The molecule has 0 radical (unpaired) electrons. The molecule has 2 atom stereocenters. The van der Waals surface area contributed by atoms with Gasteiger partial charge in [0.25, 0.3) is 5.60 Å². The van der Waals surface area contributed by atoms with Crippen molar-refractivity contribution in [3.63, 3.8) is 0 Å². The van der Waals surface area contributed by atoms with Gasteiger partial charge in [-0.2, -0.15) is 0 Å². The van der Waals surface area contributed by atoms with Crippen molar-refractivity contribution in [2.24, 2.45) is 0 Å². The molecule has 1 saturated heterocycles. The number of carbonyl (C=O) groups excluding carboxylic acids is 3. The van der Waals surface area contributed by atoms with E-state index in [1.807, 2.05) is 31.5 Å². The van der Waals surface area contributed by atoms with Crippen molar-refractivity contribution in [1.82, 2.24) is 4.98 Å². The quantitative estimate of drug-likeness (QED) is 0.172. The van der Waals surface area contributed by atoms with E-state index in [2.05, 4.69) is 11.9 Å². The lowest BCUT2D eigenvalue weighted by atomic mass is 9.72. The largest absolute Gasteiger partial charge is 0.463 e. The van der Waals surface area contributed by atoms with Crippen LogP contribution in [-0.2, 0) is 20.7 Å². The molecule has 0 spiro atoms. The standard InChI is InChI=1S/C27H31NO5/c1-3-4-5-8-17-32-25(31)27-24(30)22-10-7-6-9-21(22)23(29)26(27,33-27)15-13-19(2)11-12-20-14-16-28-18-20/h6-7,9-10,13-14,16,18,28H,3-5,8,11-12,15,17H2,1-2H3/b19-13+/t26-,27-/m0/s1. The van der Waals surface area contributed by atoms with E-state index in [1.165, 1.54) is 5.56 Å². The molecule has 1 aliphatic heterocycles. The zero-order chi connectivity index (χ0) is 23.5. The molecule has 0 amide bonds. The highest BCUT2D eigenvalue weighted by Gasteiger charge is 2.85. The molecule has 0 saturated carbocycles. The van der Waals surface area contributed by atoms with Gasteiger partial charge in [-0.15, -0.1) is 0 Å². The van der Waals surface area contributed by atoms with E-state index in [1.54, 1.807) is 24.3 Å². The average molecular weight is 450 g/mol. The van der Waals surface area contributed by atoms with Crippen molar-refractivity contribution in [3.05, 3.63) is 71.1 Å². The van der Waals surface area contributed by atoms with Gasteiger partial charge in [-0.25, -0.2) is 4.79 Å². The fraction of sp³-hybridized carbons (Fsp3) is 0.444. The van der Waals surface area contributed by atoms with Crippen LogP contribution in [0.25, 0.3) is 0 Å². The number of rotatable bonds is 11. The molecule has 6 nitrogen and oxygen atoms in total. The summed E-state index contributed by atoms with van der Waals surface area (Å²) in [7, 11) is 0. The van der Waals surface area contributed by atoms with Crippen molar-refractivity contribution >= 4 is 17.5 Å². The topological polar surface area (TPSA) is 88.8 Å². The number of H-pyrrole nitrogens is 1. The first kappa shape index (κ1) is 23.2. The molecular weight excluding hydrogens is 418 g/mol. The predicted molar refractivity (Wildman–Crippen MR) is 124 cm³/mol. The van der Waals surface area contributed by atoms with Crippen LogP contribution in [0.3, 0.4) is 0 Å². The number of esters is 1. The second-order valence-corrected chi connectivity index (χ2v) is 8.98. The third-order valence-corrected chi connectivity index (χ3v) is 6.68. The number of hydrogen-bond donors (Lipinski definition) is 1. The third kappa shape index (κ3) is 4.08. The van der Waals surface area contributed by atoms with Crippen LogP contribution < -0.4 is 0 Å². The Hall–Kier alpha value is -2.99. The first-order valence-electron chi connectivity index (χ1n) is 11.8. The summed E-state index contributed by atoms with van der Waals surface area (Å²) in [4.78, 5) is 43.1. The summed E-state index contributed by atoms with van der Waals surface area (Å²) >= 11 is 0. The maximum absolute atomic E-state index is 13.5. The van der Waals surface area contributed by atoms with Crippen molar-refractivity contribution in [2.75, 3.05) is 6.61 Å². The lowest BCUT2D eigenvalue weighted by Crippen LogP contribution is -2.50. The van der Waals surface area contributed by atoms with Crippen LogP contribution in [0.4, 0.5) is 0 Å². The number of benzene rings is 1. The van der Waals surface area contributed by atoms with Gasteiger partial charge in [0.05, 0.1) is 6.61 Å². The van der Waals surface area contributed by atoms with Crippen LogP contribution in [0.5, 0.6) is 0 Å². The number of nitrogens with one attached hydrogen (secondary N) is 1. The molecule has 1 aliphatic carbocycles. The molecule has 0 bridgehead atoms. The number of aryl methyl sites for hydroxylation is 1. The number of hydrogen-bond acceptors (Lipinski definition) is 5. The molecule has 6 heteroatoms. The Balaban J connectivity index is 1.55. The Morgan fingerprint density at radius 1 is 1.09 bits per heavy atom. The number of unbranched alkanes of at least 4 members (excludes halogenated alkanes) is 3. The number of aromatic nitrogens is 1. The highest BCUT2D eigenvalue weighted by atomic mass is 16.7. The Morgan fingerprint density at radius 2 is 1.85 bits per heavy atom. The Labute approximate surface area is 194 Å². The molecular formula is C27H31NO5. The van der Waals surface area contributed by atoms with Gasteiger partial charge < -0.3 is 14.5 Å². The van der Waals surface area contributed by atoms with Gasteiger partial charge >= 0.3 is 5.97 Å². The number of Topliss-reactive ketones (excluding diaryl/α,β-unsaturated/α-hetero) is 2. The van der Waals surface area contributed by atoms with Crippen LogP contribution in [0.15, 0.2) is 54.4 Å². The van der Waals surface area contributed by atoms with Gasteiger partial charge in [0.15, 0.2) is 11.4 Å². The SMILES string of the molecule is CCCCCCOC(=O)[C@]12O[C@@]1(C/C=C(\C)CCc1cc[nH]c1)C(=O)c1ccccc1C2=O. The zero-order valence-corrected chi connectivity index (χ0v) is 19.3. The molecule has 1 N–H and O–H groups in total. The molecule has 2 aromatic rings. The van der Waals surface area contributed by atoms with E-state index < -0.39 is 23.0 Å². The number of carbonyl (C=O) groups is 3. The predicted octanol–water partition coefficient (Wildman–Crippen LogP) is 4.99. The van der Waals surface area contributed by atoms with Crippen LogP contribution in [0.1, 0.15) is 78.7 Å². The van der Waals surface area contributed by atoms with E-state index in [0.29, 0.717) is 5.56 Å². The fourth-order valence-electron chi connectivity index (χ4n) is 4.61. The molecule has 2 aliphatic rings. The highest BCUT2D eigenvalue weighted by Crippen LogP contribution is 2.58. The zero-order valence-electron chi connectivity index (χ0n) is 19.3. The van der Waals surface area contributed by atoms with Gasteiger partial charge in [0.2, 0.25) is 5.78 Å². The van der Waals surface area contributed by atoms with E-state index in [4.69, 9.17) is 9.47 Å². The van der Waals surface area contributed by atoms with E-state index in [9.17, 15) is 14.4 Å². The van der Waals surface area contributed by atoms with Crippen molar-refractivity contribution < 1.29 is 23.9 Å². The molecule has 4 rings (SSSR count). The van der Waals surface area contributed by atoms with Gasteiger partial charge in [0.1, 0.15) is 0 Å². The first-order valence-corrected chi connectivity index (χ1v) is 11.8. The second kappa shape index (κ2) is 9.48. The van der Waals surface area contributed by atoms with Crippen molar-refractivity contribution in [2.45, 2.75) is 70.0 Å². The van der Waals surface area contributed by atoms with Gasteiger partial charge in [-0.05, 0) is 37.8 Å². The van der Waals surface area contributed by atoms with Gasteiger partial charge in [-0.3, -0.25) is 9.59 Å². The number of epoxide rings is 1. The second-order valence-electron chi connectivity index (χ2n) is 8.98. The molecule has 2 heterocycles. The molecule has 1 aromatic heterocycles. The van der Waals surface area contributed by atoms with Crippen molar-refractivity contribution in [1.29, 1.82) is 0 Å². The first-order chi connectivity index (χ1) is 16.0. The summed E-state index contributed by atoms with van der Waals surface area (Å²) in [6, 6.07) is 8.64. The summed E-state index contributed by atoms with van der Waals surface area (Å²) < 4.78 is 11.4. The van der Waals surface area contributed by atoms with Crippen LogP contribution in [-0.4, -0.2) is 40.3 Å². The third-order valence-electron chi connectivity index (χ3n) is 6.68. The molecule has 1 aromatic carbocycles. The summed E-state index contributed by atoms with van der Waals surface area (Å²) in [5, 5.41) is 0. The van der Waals surface area contributed by atoms with Crippen LogP contribution in [0.2, 0.25) is 0 Å². The van der Waals surface area contributed by atoms with E-state index in [0.717, 1.165) is 44.1 Å². The minimum Gasteiger partial charge on any atom is -0.463 e. The maximum atomic E-state index is 13.5. The maximum Gasteiger partial charge on any atom is 0.350 e. The summed E-state index contributed by atoms with van der Waals surface area (Å²) in [5.74, 6) is -1.55. The van der Waals surface area contributed by atoms with Gasteiger partial charge in [0, 0.05) is 29.9 Å². The Morgan fingerprint density at radius 3 is 2.55 bits per heavy atom. The highest BCUT2D eigenvalue weighted by molar-refractivity contribution is 6.32. The fourth-order valence-corrected chi connectivity index (χ4v) is 4.61. The summed E-state index contributed by atoms with van der Waals surface area (Å²) in [5.41, 5.74) is -0.588. The number of fused-ring (bicyclic) bond motifs is 2. The Bertz CT molecular complexity index is 1070. The lowest BCUT2D eigenvalue weighted by Gasteiger charge is -2.23. The smallest absolute Gasteiger partial charge is 0.350 e. The molecule has 174 valence electrons. The monoisotopic (exact) mass is 449 g/mol. The number of ketones is 2. The van der Waals surface area contributed by atoms with Crippen molar-refractivity contribution in [3.8, 4) is 0 Å². The Kier molecular flexibility index (Phi) is 6.66. The summed E-state index contributed by atoms with van der Waals surface area (Å²) in [6.07, 6.45) is 11.4. The minimum absolute atomic E-state index is 0.163.